The van der Waals surface area contributed by atoms with Crippen molar-refractivity contribution in [2.45, 2.75) is 46.3 Å². The predicted molar refractivity (Wildman–Crippen MR) is 81.3 cm³/mol. The van der Waals surface area contributed by atoms with E-state index in [1.54, 1.807) is 0 Å². The predicted octanol–water partition coefficient (Wildman–Crippen LogP) is 2.99. The summed E-state index contributed by atoms with van der Waals surface area (Å²) in [6.45, 7) is 10.6. The monoisotopic (exact) mass is 275 g/mol. The van der Waals surface area contributed by atoms with Crippen LogP contribution in [-0.2, 0) is 4.74 Å². The van der Waals surface area contributed by atoms with E-state index in [0.29, 0.717) is 0 Å². The summed E-state index contributed by atoms with van der Waals surface area (Å²) in [6.07, 6.45) is 1.26. The van der Waals surface area contributed by atoms with Crippen LogP contribution < -0.4 is 0 Å². The quantitative estimate of drug-likeness (QED) is 0.791. The highest BCUT2D eigenvalue weighted by atomic mass is 16.5. The number of aryl methyl sites for hydroxylation is 2. The smallest absolute Gasteiger partial charge is 0.179 e. The molecule has 3 nitrogen and oxygen atoms in total. The molecule has 1 aromatic rings. The van der Waals surface area contributed by atoms with Crippen molar-refractivity contribution in [3.8, 4) is 0 Å². The summed E-state index contributed by atoms with van der Waals surface area (Å²) in [5.41, 5.74) is 3.06. The molecule has 110 valence electrons. The lowest BCUT2D eigenvalue weighted by Gasteiger charge is -2.36. The second-order valence-electron chi connectivity index (χ2n) is 5.75. The summed E-state index contributed by atoms with van der Waals surface area (Å²) in [4.78, 5) is 15.0. The van der Waals surface area contributed by atoms with Crippen LogP contribution in [0.5, 0.6) is 0 Å². The first-order valence-corrected chi connectivity index (χ1v) is 7.50. The van der Waals surface area contributed by atoms with Gasteiger partial charge in [-0.25, -0.2) is 0 Å². The van der Waals surface area contributed by atoms with Crippen LogP contribution in [0.15, 0.2) is 18.2 Å². The molecule has 0 aliphatic carbocycles. The van der Waals surface area contributed by atoms with Crippen LogP contribution >= 0.6 is 0 Å². The maximum atomic E-state index is 12.7. The molecule has 2 unspecified atom stereocenters. The van der Waals surface area contributed by atoms with E-state index in [9.17, 15) is 4.79 Å². The van der Waals surface area contributed by atoms with Crippen molar-refractivity contribution in [1.82, 2.24) is 4.90 Å². The second kappa shape index (κ2) is 6.51. The van der Waals surface area contributed by atoms with E-state index >= 15 is 0 Å². The number of hydrogen-bond acceptors (Lipinski definition) is 3. The normalized spacial score (nSPS) is 21.7. The molecule has 3 heteroatoms. The van der Waals surface area contributed by atoms with Gasteiger partial charge in [0.2, 0.25) is 0 Å². The van der Waals surface area contributed by atoms with Gasteiger partial charge in [-0.1, -0.05) is 24.6 Å². The Morgan fingerprint density at radius 2 is 2.20 bits per heavy atom. The molecule has 1 aliphatic rings. The Hall–Kier alpha value is -1.19. The Balaban J connectivity index is 2.13. The van der Waals surface area contributed by atoms with E-state index in [-0.39, 0.29) is 17.9 Å². The summed E-state index contributed by atoms with van der Waals surface area (Å²) in [7, 11) is 0. The molecule has 0 saturated carbocycles. The van der Waals surface area contributed by atoms with E-state index < -0.39 is 0 Å². The van der Waals surface area contributed by atoms with Gasteiger partial charge in [-0.15, -0.1) is 0 Å². The maximum Gasteiger partial charge on any atom is 0.179 e. The summed E-state index contributed by atoms with van der Waals surface area (Å²) >= 11 is 0. The van der Waals surface area contributed by atoms with Crippen molar-refractivity contribution in [3.63, 3.8) is 0 Å². The molecular formula is C17H25NO2. The number of carbonyl (C=O) groups is 1. The first-order chi connectivity index (χ1) is 9.52. The van der Waals surface area contributed by atoms with Gasteiger partial charge in [-0.05, 0) is 38.8 Å². The van der Waals surface area contributed by atoms with E-state index in [2.05, 4.69) is 17.9 Å². The van der Waals surface area contributed by atoms with E-state index in [0.717, 1.165) is 42.8 Å². The lowest BCUT2D eigenvalue weighted by molar-refractivity contribution is -0.0382. The lowest BCUT2D eigenvalue weighted by Crippen LogP contribution is -2.49. The average Bonchev–Trinajstić information content (AvgIpc) is 2.48. The van der Waals surface area contributed by atoms with Crippen LogP contribution in [0.2, 0.25) is 0 Å². The number of ketones is 1. The minimum Gasteiger partial charge on any atom is -0.376 e. The van der Waals surface area contributed by atoms with Crippen LogP contribution in [0.3, 0.4) is 0 Å². The lowest BCUT2D eigenvalue weighted by atomic mass is 9.97. The Bertz CT molecular complexity index is 484. The van der Waals surface area contributed by atoms with Crippen molar-refractivity contribution >= 4 is 5.78 Å². The molecule has 1 aromatic carbocycles. The molecule has 1 fully saturated rings. The molecule has 1 heterocycles. The molecule has 0 N–H and O–H groups in total. The summed E-state index contributed by atoms with van der Waals surface area (Å²) < 4.78 is 5.68. The van der Waals surface area contributed by atoms with E-state index in [4.69, 9.17) is 4.74 Å². The fourth-order valence-corrected chi connectivity index (χ4v) is 2.73. The number of rotatable bonds is 4. The Morgan fingerprint density at radius 1 is 1.45 bits per heavy atom. The molecule has 0 amide bonds. The van der Waals surface area contributed by atoms with Gasteiger partial charge in [0, 0.05) is 18.7 Å². The summed E-state index contributed by atoms with van der Waals surface area (Å²) in [5, 5.41) is 0. The number of morpholine rings is 1. The van der Waals surface area contributed by atoms with Crippen LogP contribution in [0.1, 0.15) is 41.8 Å². The van der Waals surface area contributed by atoms with Gasteiger partial charge >= 0.3 is 0 Å². The molecule has 2 atom stereocenters. The van der Waals surface area contributed by atoms with E-state index in [1.807, 2.05) is 32.9 Å². The number of hydrogen-bond donors (Lipinski definition) is 0. The number of nitrogens with zero attached hydrogens (tertiary/aromatic N) is 1. The molecule has 1 aliphatic heterocycles. The minimum absolute atomic E-state index is 0.0755. The maximum absolute atomic E-state index is 12.7. The first-order valence-electron chi connectivity index (χ1n) is 7.50. The van der Waals surface area contributed by atoms with Crippen molar-refractivity contribution in [2.24, 2.45) is 0 Å². The van der Waals surface area contributed by atoms with E-state index in [1.165, 1.54) is 0 Å². The largest absolute Gasteiger partial charge is 0.376 e. The fraction of sp³-hybridized carbons (Fsp3) is 0.588. The van der Waals surface area contributed by atoms with Crippen LogP contribution in [-0.4, -0.2) is 42.5 Å². The van der Waals surface area contributed by atoms with Gasteiger partial charge in [0.15, 0.2) is 5.78 Å². The molecule has 20 heavy (non-hydrogen) atoms. The highest BCUT2D eigenvalue weighted by Gasteiger charge is 2.28. The fourth-order valence-electron chi connectivity index (χ4n) is 2.73. The number of carbonyl (C=O) groups excluding carboxylic acids is 1. The number of ether oxygens (including phenoxy) is 1. The average molecular weight is 275 g/mol. The summed E-state index contributed by atoms with van der Waals surface area (Å²) in [5.74, 6) is 0.225. The van der Waals surface area contributed by atoms with Gasteiger partial charge in [0.1, 0.15) is 0 Å². The van der Waals surface area contributed by atoms with Crippen molar-refractivity contribution in [2.75, 3.05) is 19.7 Å². The van der Waals surface area contributed by atoms with Crippen LogP contribution in [0, 0.1) is 13.8 Å². The molecule has 1 saturated heterocycles. The molecule has 0 spiro atoms. The Morgan fingerprint density at radius 3 is 2.90 bits per heavy atom. The van der Waals surface area contributed by atoms with Crippen molar-refractivity contribution < 1.29 is 9.53 Å². The highest BCUT2D eigenvalue weighted by Crippen LogP contribution is 2.18. The summed E-state index contributed by atoms with van der Waals surface area (Å²) in [6, 6.07) is 6.02. The molecule has 2 rings (SSSR count). The van der Waals surface area contributed by atoms with Crippen LogP contribution in [0.25, 0.3) is 0 Å². The van der Waals surface area contributed by atoms with Gasteiger partial charge in [0.25, 0.3) is 0 Å². The number of Topliss-reactive ketones (excluding diaryl/α,β-unsaturated/α-hetero) is 1. The first kappa shape index (κ1) is 15.2. The molecular weight excluding hydrogens is 250 g/mol. The zero-order valence-corrected chi connectivity index (χ0v) is 13.0. The standard InChI is InChI=1S/C17H25NO2/c1-5-15-11-18(8-9-20-15)14(4)17(19)16-10-12(2)6-7-13(16)3/h6-7,10,14-15H,5,8-9,11H2,1-4H3. The van der Waals surface area contributed by atoms with Crippen LogP contribution in [0.4, 0.5) is 0 Å². The SMILES string of the molecule is CCC1CN(C(C)C(=O)c2cc(C)ccc2C)CCO1. The van der Waals surface area contributed by atoms with Gasteiger partial charge in [0.05, 0.1) is 18.8 Å². The van der Waals surface area contributed by atoms with Crippen molar-refractivity contribution in [3.05, 3.63) is 34.9 Å². The van der Waals surface area contributed by atoms with Crippen molar-refractivity contribution in [1.29, 1.82) is 0 Å². The second-order valence-corrected chi connectivity index (χ2v) is 5.75. The number of benzene rings is 1. The molecule has 0 aromatic heterocycles. The Labute approximate surface area is 121 Å². The third-order valence-corrected chi connectivity index (χ3v) is 4.21. The van der Waals surface area contributed by atoms with Gasteiger partial charge in [-0.2, -0.15) is 0 Å². The molecule has 0 bridgehead atoms. The minimum atomic E-state index is -0.0755. The Kier molecular flexibility index (Phi) is 4.95. The van der Waals surface area contributed by atoms with Gasteiger partial charge < -0.3 is 4.74 Å². The zero-order chi connectivity index (χ0) is 14.7. The topological polar surface area (TPSA) is 29.5 Å². The van der Waals surface area contributed by atoms with Gasteiger partial charge in [-0.3, -0.25) is 9.69 Å². The molecule has 0 radical (unpaired) electrons. The third-order valence-electron chi connectivity index (χ3n) is 4.21. The zero-order valence-electron chi connectivity index (χ0n) is 13.0. The highest BCUT2D eigenvalue weighted by molar-refractivity contribution is 6.01. The third kappa shape index (κ3) is 3.28.